The topological polar surface area (TPSA) is 64.1 Å². The van der Waals surface area contributed by atoms with Crippen LogP contribution in [0.1, 0.15) is 28.1 Å². The highest BCUT2D eigenvalue weighted by atomic mass is 32.1. The first kappa shape index (κ1) is 24.3. The van der Waals surface area contributed by atoms with Crippen molar-refractivity contribution in [1.29, 1.82) is 0 Å². The van der Waals surface area contributed by atoms with Crippen LogP contribution in [0.4, 0.5) is 17.6 Å². The Hall–Kier alpha value is -3.79. The van der Waals surface area contributed by atoms with Crippen LogP contribution in [-0.2, 0) is 30.4 Å². The molecule has 0 aliphatic heterocycles. The van der Waals surface area contributed by atoms with Gasteiger partial charge in [0.2, 0.25) is 5.91 Å². The van der Waals surface area contributed by atoms with Crippen molar-refractivity contribution in [3.8, 4) is 10.9 Å². The molecule has 1 heterocycles. The van der Waals surface area contributed by atoms with E-state index < -0.39 is 11.7 Å². The summed E-state index contributed by atoms with van der Waals surface area (Å²) in [6, 6.07) is 17.8. The molecule has 1 amide bonds. The molecule has 1 aromatic heterocycles. The Morgan fingerprint density at radius 1 is 0.943 bits per heavy atom. The van der Waals surface area contributed by atoms with Crippen LogP contribution in [0, 0.1) is 5.82 Å². The lowest BCUT2D eigenvalue weighted by atomic mass is 10.1. The number of hydrogen-bond donors (Lipinski definition) is 1. The number of aromatic nitrogens is 2. The molecule has 4 aromatic rings. The zero-order chi connectivity index (χ0) is 24.8. The van der Waals surface area contributed by atoms with Gasteiger partial charge in [-0.15, -0.1) is 0 Å². The maximum Gasteiger partial charge on any atom is 0.416 e. The third kappa shape index (κ3) is 7.10. The van der Waals surface area contributed by atoms with Gasteiger partial charge in [0.25, 0.3) is 5.19 Å². The molecule has 0 unspecified atom stereocenters. The van der Waals surface area contributed by atoms with Gasteiger partial charge in [0, 0.05) is 24.5 Å². The molecule has 0 radical (unpaired) electrons. The molecule has 0 fully saturated rings. The Bertz CT molecular complexity index is 1290. The van der Waals surface area contributed by atoms with Crippen LogP contribution in [0.5, 0.6) is 10.9 Å². The number of ether oxygens (including phenoxy) is 1. The lowest BCUT2D eigenvalue weighted by molar-refractivity contribution is -0.137. The molecule has 10 heteroatoms. The van der Waals surface area contributed by atoms with Crippen LogP contribution in [0.15, 0.2) is 72.8 Å². The first-order chi connectivity index (χ1) is 16.7. The van der Waals surface area contributed by atoms with E-state index in [0.29, 0.717) is 34.3 Å². The Balaban J connectivity index is 1.27. The van der Waals surface area contributed by atoms with E-state index in [-0.39, 0.29) is 24.7 Å². The van der Waals surface area contributed by atoms with E-state index in [2.05, 4.69) is 14.7 Å². The molecule has 0 saturated heterocycles. The van der Waals surface area contributed by atoms with Crippen molar-refractivity contribution in [3.63, 3.8) is 0 Å². The van der Waals surface area contributed by atoms with Gasteiger partial charge in [0.1, 0.15) is 11.6 Å². The Morgan fingerprint density at radius 2 is 1.66 bits per heavy atom. The van der Waals surface area contributed by atoms with E-state index in [1.165, 1.54) is 24.3 Å². The van der Waals surface area contributed by atoms with E-state index >= 15 is 0 Å². The highest BCUT2D eigenvalue weighted by Gasteiger charge is 2.30. The fourth-order valence-electron chi connectivity index (χ4n) is 3.22. The Morgan fingerprint density at radius 3 is 2.37 bits per heavy atom. The average Bonchev–Trinajstić information content (AvgIpc) is 3.27. The lowest BCUT2D eigenvalue weighted by Gasteiger charge is -2.10. The summed E-state index contributed by atoms with van der Waals surface area (Å²) in [5.41, 5.74) is 1.21. The molecule has 0 bridgehead atoms. The van der Waals surface area contributed by atoms with Gasteiger partial charge in [-0.25, -0.2) is 4.39 Å². The van der Waals surface area contributed by atoms with Crippen LogP contribution in [0.3, 0.4) is 0 Å². The number of nitrogens with one attached hydrogen (secondary N) is 1. The van der Waals surface area contributed by atoms with Crippen molar-refractivity contribution >= 4 is 17.4 Å². The van der Waals surface area contributed by atoms with Crippen molar-refractivity contribution in [3.05, 3.63) is 107 Å². The molecule has 0 atom stereocenters. The van der Waals surface area contributed by atoms with Gasteiger partial charge < -0.3 is 10.1 Å². The van der Waals surface area contributed by atoms with Crippen LogP contribution in [0.2, 0.25) is 0 Å². The summed E-state index contributed by atoms with van der Waals surface area (Å²) >= 11 is 1.10. The van der Waals surface area contributed by atoms with Gasteiger partial charge in [0.05, 0.1) is 12.0 Å². The summed E-state index contributed by atoms with van der Waals surface area (Å²) in [6.45, 7) is 0.00124. The van der Waals surface area contributed by atoms with Crippen LogP contribution < -0.4 is 10.1 Å². The van der Waals surface area contributed by atoms with Gasteiger partial charge in [-0.1, -0.05) is 36.4 Å². The lowest BCUT2D eigenvalue weighted by Crippen LogP contribution is -2.24. The minimum atomic E-state index is -4.43. The summed E-state index contributed by atoms with van der Waals surface area (Å²) in [7, 11) is 0. The van der Waals surface area contributed by atoms with Crippen LogP contribution in [-0.4, -0.2) is 15.3 Å². The predicted octanol–water partition coefficient (Wildman–Crippen LogP) is 5.94. The van der Waals surface area contributed by atoms with Gasteiger partial charge in [-0.3, -0.25) is 4.79 Å². The van der Waals surface area contributed by atoms with Gasteiger partial charge in [0.15, 0.2) is 5.82 Å². The molecule has 180 valence electrons. The first-order valence-corrected chi connectivity index (χ1v) is 11.3. The first-order valence-electron chi connectivity index (χ1n) is 10.5. The second-order valence-electron chi connectivity index (χ2n) is 7.68. The molecule has 0 aliphatic carbocycles. The minimum Gasteiger partial charge on any atom is -0.430 e. The number of amides is 1. The largest absolute Gasteiger partial charge is 0.430 e. The third-order valence-electron chi connectivity index (χ3n) is 4.96. The van der Waals surface area contributed by atoms with Crippen molar-refractivity contribution in [2.45, 2.75) is 25.6 Å². The highest BCUT2D eigenvalue weighted by Crippen LogP contribution is 2.29. The highest BCUT2D eigenvalue weighted by molar-refractivity contribution is 7.07. The van der Waals surface area contributed by atoms with Crippen LogP contribution >= 0.6 is 11.5 Å². The molecule has 4 rings (SSSR count). The maximum absolute atomic E-state index is 13.0. The smallest absolute Gasteiger partial charge is 0.416 e. The molecule has 5 nitrogen and oxygen atoms in total. The van der Waals surface area contributed by atoms with Gasteiger partial charge in [-0.05, 0) is 53.1 Å². The normalized spacial score (nSPS) is 11.3. The predicted molar refractivity (Wildman–Crippen MR) is 123 cm³/mol. The van der Waals surface area contributed by atoms with Crippen molar-refractivity contribution < 1.29 is 27.1 Å². The SMILES string of the molecule is O=C(Cc1ccc(Oc2nc(Cc3ccc(F)cc3)ns2)cc1)NCc1cccc(C(F)(F)F)c1. The molecule has 3 aromatic carbocycles. The van der Waals surface area contributed by atoms with E-state index in [4.69, 9.17) is 4.74 Å². The Kier molecular flexibility index (Phi) is 7.40. The number of nitrogens with zero attached hydrogens (tertiary/aromatic N) is 2. The zero-order valence-corrected chi connectivity index (χ0v) is 19.0. The number of benzene rings is 3. The standard InChI is InChI=1S/C25H19F4N3O2S/c26-20-8-4-16(5-9-20)13-22-31-24(35-32-22)34-21-10-6-17(7-11-21)14-23(33)30-15-18-2-1-3-19(12-18)25(27,28)29/h1-12H,13-15H2,(H,30,33). The minimum absolute atomic E-state index is 0.00124. The van der Waals surface area contributed by atoms with Crippen molar-refractivity contribution in [2.75, 3.05) is 0 Å². The monoisotopic (exact) mass is 501 g/mol. The number of hydrogen-bond acceptors (Lipinski definition) is 5. The number of carbonyl (C=O) groups is 1. The number of rotatable bonds is 8. The van der Waals surface area contributed by atoms with Crippen molar-refractivity contribution in [2.24, 2.45) is 0 Å². The van der Waals surface area contributed by atoms with Crippen LogP contribution in [0.25, 0.3) is 0 Å². The fraction of sp³-hybridized carbons (Fsp3) is 0.160. The summed E-state index contributed by atoms with van der Waals surface area (Å²) in [4.78, 5) is 16.5. The van der Waals surface area contributed by atoms with E-state index in [0.717, 1.165) is 29.2 Å². The average molecular weight is 502 g/mol. The second kappa shape index (κ2) is 10.6. The molecule has 0 spiro atoms. The molecule has 0 aliphatic rings. The molecule has 35 heavy (non-hydrogen) atoms. The second-order valence-corrected chi connectivity index (χ2v) is 8.39. The van der Waals surface area contributed by atoms with Gasteiger partial charge in [-0.2, -0.15) is 22.5 Å². The number of carbonyl (C=O) groups excluding carboxylic acids is 1. The summed E-state index contributed by atoms with van der Waals surface area (Å²) in [5, 5.41) is 2.99. The quantitative estimate of drug-likeness (QED) is 0.304. The van der Waals surface area contributed by atoms with E-state index in [1.807, 2.05) is 0 Å². The summed E-state index contributed by atoms with van der Waals surface area (Å²) in [6.07, 6.45) is -3.91. The number of alkyl halides is 3. The zero-order valence-electron chi connectivity index (χ0n) is 18.2. The van der Waals surface area contributed by atoms with Crippen molar-refractivity contribution in [1.82, 2.24) is 14.7 Å². The fourth-order valence-corrected chi connectivity index (χ4v) is 3.79. The summed E-state index contributed by atoms with van der Waals surface area (Å²) in [5.74, 6) is 0.458. The van der Waals surface area contributed by atoms with Gasteiger partial charge >= 0.3 is 6.18 Å². The number of halogens is 4. The molecule has 0 saturated carbocycles. The summed E-state index contributed by atoms with van der Waals surface area (Å²) < 4.78 is 61.4. The third-order valence-corrected chi connectivity index (χ3v) is 5.59. The van der Waals surface area contributed by atoms with E-state index in [1.54, 1.807) is 36.4 Å². The van der Waals surface area contributed by atoms with E-state index in [9.17, 15) is 22.4 Å². The Labute approximate surface area is 202 Å². The molecule has 1 N–H and O–H groups in total. The molecular formula is C25H19F4N3O2S. The maximum atomic E-state index is 13.0. The molecular weight excluding hydrogens is 482 g/mol.